The Morgan fingerprint density at radius 2 is 2.21 bits per heavy atom. The first-order valence-corrected chi connectivity index (χ1v) is 11.1. The largest absolute Gasteiger partial charge is 0.378 e. The molecule has 0 saturated carbocycles. The minimum atomic E-state index is -0.549. The van der Waals surface area contributed by atoms with Crippen LogP contribution in [0.4, 0.5) is 5.82 Å². The number of carbonyl (C=O) groups excluding carboxylic acids is 1. The molecule has 170 valence electrons. The average Bonchev–Trinajstić information content (AvgIpc) is 3.37. The van der Waals surface area contributed by atoms with Crippen LogP contribution < -0.4 is 10.6 Å². The van der Waals surface area contributed by atoms with E-state index in [2.05, 4.69) is 33.5 Å². The molecule has 33 heavy (non-hydrogen) atoms. The molecule has 0 aliphatic carbocycles. The fourth-order valence-electron chi connectivity index (χ4n) is 4.25. The predicted octanol–water partition coefficient (Wildman–Crippen LogP) is 2.52. The summed E-state index contributed by atoms with van der Waals surface area (Å²) >= 11 is 0. The maximum Gasteiger partial charge on any atom is 0.222 e. The topological polar surface area (TPSA) is 90.3 Å². The van der Waals surface area contributed by atoms with Crippen molar-refractivity contribution in [3.05, 3.63) is 47.4 Å². The summed E-state index contributed by atoms with van der Waals surface area (Å²) in [6, 6.07) is 5.96. The predicted molar refractivity (Wildman–Crippen MR) is 125 cm³/mol. The van der Waals surface area contributed by atoms with E-state index in [1.54, 1.807) is 13.3 Å². The number of anilines is 1. The van der Waals surface area contributed by atoms with Gasteiger partial charge in [-0.2, -0.15) is 0 Å². The molecule has 5 rings (SSSR count). The van der Waals surface area contributed by atoms with E-state index >= 15 is 0 Å². The number of nitrogens with one attached hydrogen (secondary N) is 2. The van der Waals surface area contributed by atoms with Crippen LogP contribution in [0.5, 0.6) is 0 Å². The van der Waals surface area contributed by atoms with Crippen LogP contribution in [0.15, 0.2) is 30.6 Å². The Kier molecular flexibility index (Phi) is 5.62. The molecule has 0 unspecified atom stereocenters. The molecule has 3 aromatic rings. The molecule has 8 heteroatoms. The second-order valence-corrected chi connectivity index (χ2v) is 8.69. The summed E-state index contributed by atoms with van der Waals surface area (Å²) in [4.78, 5) is 21.0. The third-order valence-corrected chi connectivity index (χ3v) is 6.23. The van der Waals surface area contributed by atoms with E-state index < -0.39 is 5.60 Å². The van der Waals surface area contributed by atoms with Crippen LogP contribution in [0.2, 0.25) is 0 Å². The summed E-state index contributed by atoms with van der Waals surface area (Å²) in [5.74, 6) is 8.12. The molecular weight excluding hydrogens is 418 g/mol. The molecule has 2 fully saturated rings. The van der Waals surface area contributed by atoms with Crippen molar-refractivity contribution in [1.82, 2.24) is 19.9 Å². The van der Waals surface area contributed by atoms with Gasteiger partial charge in [-0.25, -0.2) is 9.97 Å². The number of pyridine rings is 2. The summed E-state index contributed by atoms with van der Waals surface area (Å²) in [6.45, 7) is 6.48. The van der Waals surface area contributed by atoms with E-state index in [1.807, 2.05) is 29.8 Å². The normalized spacial score (nSPS) is 20.3. The van der Waals surface area contributed by atoms with Crippen LogP contribution in [0.1, 0.15) is 30.2 Å². The SMILES string of the molecule is CO[C@@]1(c2cc(C)cc(-n3cc(C#CC4CNC4)c4cnc(NC(C)=O)cc43)n2)CCOC1. The number of fused-ring (bicyclic) bond motifs is 1. The number of aromatic nitrogens is 3. The Morgan fingerprint density at radius 1 is 1.36 bits per heavy atom. The summed E-state index contributed by atoms with van der Waals surface area (Å²) in [7, 11) is 1.71. The van der Waals surface area contributed by atoms with Crippen molar-refractivity contribution in [2.45, 2.75) is 25.9 Å². The van der Waals surface area contributed by atoms with Crippen LogP contribution in [0.25, 0.3) is 16.7 Å². The fraction of sp³-hybridized carbons (Fsp3) is 0.400. The number of ether oxygens (including phenoxy) is 2. The van der Waals surface area contributed by atoms with Gasteiger partial charge in [0.2, 0.25) is 5.91 Å². The van der Waals surface area contributed by atoms with E-state index in [9.17, 15) is 4.79 Å². The zero-order chi connectivity index (χ0) is 23.0. The number of amides is 1. The highest BCUT2D eigenvalue weighted by Gasteiger charge is 2.38. The Labute approximate surface area is 192 Å². The Balaban J connectivity index is 1.66. The molecule has 5 heterocycles. The lowest BCUT2D eigenvalue weighted by Gasteiger charge is -2.26. The Hall–Kier alpha value is -3.25. The third kappa shape index (κ3) is 4.11. The number of carbonyl (C=O) groups is 1. The monoisotopic (exact) mass is 445 g/mol. The summed E-state index contributed by atoms with van der Waals surface area (Å²) < 4.78 is 13.5. The van der Waals surface area contributed by atoms with Gasteiger partial charge in [0.1, 0.15) is 17.2 Å². The van der Waals surface area contributed by atoms with Gasteiger partial charge in [-0.3, -0.25) is 9.36 Å². The lowest BCUT2D eigenvalue weighted by atomic mass is 9.97. The lowest BCUT2D eigenvalue weighted by Crippen LogP contribution is -2.40. The highest BCUT2D eigenvalue weighted by molar-refractivity contribution is 5.93. The van der Waals surface area contributed by atoms with Crippen molar-refractivity contribution in [2.75, 3.05) is 38.7 Å². The minimum absolute atomic E-state index is 0.170. The summed E-state index contributed by atoms with van der Waals surface area (Å²) in [5.41, 5.74) is 3.14. The van der Waals surface area contributed by atoms with Crippen molar-refractivity contribution in [2.24, 2.45) is 5.92 Å². The molecule has 2 aliphatic heterocycles. The van der Waals surface area contributed by atoms with Crippen LogP contribution in [0.3, 0.4) is 0 Å². The van der Waals surface area contributed by atoms with Gasteiger partial charge < -0.3 is 20.1 Å². The first-order valence-electron chi connectivity index (χ1n) is 11.1. The van der Waals surface area contributed by atoms with E-state index in [0.717, 1.165) is 53.1 Å². The number of methoxy groups -OCH3 is 1. The first kappa shape index (κ1) is 21.6. The zero-order valence-corrected chi connectivity index (χ0v) is 19.1. The van der Waals surface area contributed by atoms with E-state index in [4.69, 9.17) is 14.5 Å². The molecule has 0 radical (unpaired) electrons. The van der Waals surface area contributed by atoms with Gasteiger partial charge in [-0.15, -0.1) is 0 Å². The second kappa shape index (κ2) is 8.60. The lowest BCUT2D eigenvalue weighted by molar-refractivity contribution is -0.114. The molecule has 3 aromatic heterocycles. The first-order chi connectivity index (χ1) is 16.0. The van der Waals surface area contributed by atoms with Crippen molar-refractivity contribution < 1.29 is 14.3 Å². The van der Waals surface area contributed by atoms with Gasteiger partial charge in [-0.05, 0) is 24.6 Å². The van der Waals surface area contributed by atoms with Crippen LogP contribution >= 0.6 is 0 Å². The van der Waals surface area contributed by atoms with Gasteiger partial charge in [-0.1, -0.05) is 11.8 Å². The molecule has 2 saturated heterocycles. The molecule has 0 spiro atoms. The van der Waals surface area contributed by atoms with Crippen molar-refractivity contribution >= 4 is 22.6 Å². The molecule has 2 aliphatic rings. The van der Waals surface area contributed by atoms with Gasteiger partial charge in [0.15, 0.2) is 0 Å². The maximum absolute atomic E-state index is 11.6. The zero-order valence-electron chi connectivity index (χ0n) is 19.1. The summed E-state index contributed by atoms with van der Waals surface area (Å²) in [5, 5.41) is 6.93. The molecule has 0 bridgehead atoms. The van der Waals surface area contributed by atoms with Crippen LogP contribution in [-0.2, 0) is 19.9 Å². The third-order valence-electron chi connectivity index (χ3n) is 6.23. The molecule has 0 aromatic carbocycles. The quantitative estimate of drug-likeness (QED) is 0.600. The van der Waals surface area contributed by atoms with E-state index in [0.29, 0.717) is 24.9 Å². The molecule has 1 atom stereocenters. The number of aryl methyl sites for hydroxylation is 1. The van der Waals surface area contributed by atoms with Crippen molar-refractivity contribution in [1.29, 1.82) is 0 Å². The number of hydrogen-bond donors (Lipinski definition) is 2. The standard InChI is InChI=1S/C25H27N5O3/c1-16-8-22(25(32-3)6-7-33-15-25)29-24(9-16)30-14-19(5-4-18-11-26-12-18)20-13-27-23(10-21(20)30)28-17(2)31/h8-10,13-14,18,26H,6-7,11-12,15H2,1-3H3,(H,27,28,31)/t25-/m0/s1. The Morgan fingerprint density at radius 3 is 2.88 bits per heavy atom. The van der Waals surface area contributed by atoms with Crippen LogP contribution in [-0.4, -0.2) is 53.9 Å². The fourth-order valence-corrected chi connectivity index (χ4v) is 4.25. The molecule has 2 N–H and O–H groups in total. The van der Waals surface area contributed by atoms with E-state index in [1.165, 1.54) is 6.92 Å². The van der Waals surface area contributed by atoms with Crippen LogP contribution in [0, 0.1) is 24.7 Å². The van der Waals surface area contributed by atoms with E-state index in [-0.39, 0.29) is 5.91 Å². The second-order valence-electron chi connectivity index (χ2n) is 8.69. The van der Waals surface area contributed by atoms with Gasteiger partial charge in [0.05, 0.1) is 23.4 Å². The van der Waals surface area contributed by atoms with Gasteiger partial charge >= 0.3 is 0 Å². The summed E-state index contributed by atoms with van der Waals surface area (Å²) in [6.07, 6.45) is 4.52. The highest BCUT2D eigenvalue weighted by Crippen LogP contribution is 2.34. The number of hydrogen-bond acceptors (Lipinski definition) is 6. The molecule has 8 nitrogen and oxygen atoms in total. The smallest absolute Gasteiger partial charge is 0.222 e. The van der Waals surface area contributed by atoms with Gasteiger partial charge in [0.25, 0.3) is 0 Å². The minimum Gasteiger partial charge on any atom is -0.378 e. The van der Waals surface area contributed by atoms with Crippen molar-refractivity contribution in [3.8, 4) is 17.7 Å². The number of rotatable bonds is 4. The molecule has 1 amide bonds. The van der Waals surface area contributed by atoms with Crippen molar-refractivity contribution in [3.63, 3.8) is 0 Å². The molecular formula is C25H27N5O3. The average molecular weight is 446 g/mol. The number of nitrogens with zero attached hydrogens (tertiary/aromatic N) is 3. The maximum atomic E-state index is 11.6. The highest BCUT2D eigenvalue weighted by atomic mass is 16.5. The Bertz CT molecular complexity index is 1280. The van der Waals surface area contributed by atoms with Gasteiger partial charge in [0, 0.05) is 69.9 Å².